The highest BCUT2D eigenvalue weighted by molar-refractivity contribution is 7.89. The first-order valence-corrected chi connectivity index (χ1v) is 10.5. The lowest BCUT2D eigenvalue weighted by Gasteiger charge is -2.21. The first kappa shape index (κ1) is 19.4. The highest BCUT2D eigenvalue weighted by atomic mass is 32.2. The molecule has 3 rings (SSSR count). The van der Waals surface area contributed by atoms with Crippen LogP contribution >= 0.6 is 0 Å². The van der Waals surface area contributed by atoms with E-state index in [1.807, 2.05) is 24.3 Å². The fourth-order valence-electron chi connectivity index (χ4n) is 3.35. The van der Waals surface area contributed by atoms with Gasteiger partial charge in [-0.05, 0) is 69.1 Å². The Bertz CT molecular complexity index is 964. The first-order chi connectivity index (χ1) is 12.8. The van der Waals surface area contributed by atoms with Crippen molar-refractivity contribution >= 4 is 27.3 Å². The lowest BCUT2D eigenvalue weighted by atomic mass is 10.1. The van der Waals surface area contributed by atoms with Crippen LogP contribution < -0.4 is 14.9 Å². The average Bonchev–Trinajstić information content (AvgIpc) is 3.18. The van der Waals surface area contributed by atoms with Gasteiger partial charge in [-0.2, -0.15) is 0 Å². The number of carbonyl (C=O) groups is 1. The molecular formula is C20H25N3O3S. The Balaban J connectivity index is 1.94. The van der Waals surface area contributed by atoms with Crippen molar-refractivity contribution in [1.29, 1.82) is 0 Å². The standard InChI is InChI=1S/C20H25N3O3S/c1-14-12-16(13-19(15(14)2)27(25,26)21-3)20(24)22-17-8-4-5-9-18(17)23-10-6-7-11-23/h4-5,8-9,12-13,21H,6-7,10-11H2,1-3H3,(H,22,24). The van der Waals surface area contributed by atoms with Gasteiger partial charge in [0.15, 0.2) is 0 Å². The summed E-state index contributed by atoms with van der Waals surface area (Å²) in [6.45, 7) is 5.49. The second-order valence-electron chi connectivity index (χ2n) is 6.79. The molecule has 1 aliphatic rings. The number of sulfonamides is 1. The Hall–Kier alpha value is -2.38. The number of aryl methyl sites for hydroxylation is 1. The molecule has 0 aromatic heterocycles. The van der Waals surface area contributed by atoms with Gasteiger partial charge in [0.1, 0.15) is 0 Å². The number of anilines is 2. The van der Waals surface area contributed by atoms with Crippen LogP contribution in [0.2, 0.25) is 0 Å². The Morgan fingerprint density at radius 2 is 1.74 bits per heavy atom. The molecule has 1 fully saturated rings. The van der Waals surface area contributed by atoms with Crippen molar-refractivity contribution in [3.63, 3.8) is 0 Å². The van der Waals surface area contributed by atoms with Gasteiger partial charge < -0.3 is 10.2 Å². The molecule has 7 heteroatoms. The molecule has 2 aromatic rings. The van der Waals surface area contributed by atoms with Crippen LogP contribution in [0.5, 0.6) is 0 Å². The van der Waals surface area contributed by atoms with Crippen molar-refractivity contribution in [2.45, 2.75) is 31.6 Å². The molecule has 0 bridgehead atoms. The number of rotatable bonds is 5. The Labute approximate surface area is 160 Å². The second kappa shape index (κ2) is 7.70. The van der Waals surface area contributed by atoms with Crippen molar-refractivity contribution in [3.05, 3.63) is 53.1 Å². The van der Waals surface area contributed by atoms with Crippen LogP contribution in [-0.4, -0.2) is 34.5 Å². The summed E-state index contributed by atoms with van der Waals surface area (Å²) < 4.78 is 26.9. The number of benzene rings is 2. The van der Waals surface area contributed by atoms with Crippen LogP contribution in [0.3, 0.4) is 0 Å². The van der Waals surface area contributed by atoms with Gasteiger partial charge in [0.2, 0.25) is 10.0 Å². The number of amides is 1. The lowest BCUT2D eigenvalue weighted by Crippen LogP contribution is -2.22. The maximum atomic E-state index is 12.9. The van der Waals surface area contributed by atoms with Crippen molar-refractivity contribution < 1.29 is 13.2 Å². The van der Waals surface area contributed by atoms with E-state index >= 15 is 0 Å². The number of hydrogen-bond donors (Lipinski definition) is 2. The van der Waals surface area contributed by atoms with Gasteiger partial charge >= 0.3 is 0 Å². The maximum absolute atomic E-state index is 12.9. The molecular weight excluding hydrogens is 362 g/mol. The lowest BCUT2D eigenvalue weighted by molar-refractivity contribution is 0.102. The molecule has 0 unspecified atom stereocenters. The zero-order chi connectivity index (χ0) is 19.6. The summed E-state index contributed by atoms with van der Waals surface area (Å²) in [5.41, 5.74) is 3.45. The number of hydrogen-bond acceptors (Lipinski definition) is 4. The summed E-state index contributed by atoms with van der Waals surface area (Å²) in [6, 6.07) is 10.9. The second-order valence-corrected chi connectivity index (χ2v) is 8.64. The van der Waals surface area contributed by atoms with Crippen LogP contribution in [0.15, 0.2) is 41.3 Å². The van der Waals surface area contributed by atoms with E-state index in [4.69, 9.17) is 0 Å². The molecule has 2 N–H and O–H groups in total. The number of nitrogens with zero attached hydrogens (tertiary/aromatic N) is 1. The summed E-state index contributed by atoms with van der Waals surface area (Å²) in [5.74, 6) is -0.322. The van der Waals surface area contributed by atoms with Crippen LogP contribution in [0.25, 0.3) is 0 Å². The first-order valence-electron chi connectivity index (χ1n) is 9.03. The van der Waals surface area contributed by atoms with E-state index in [0.717, 1.165) is 42.9 Å². The molecule has 0 aliphatic carbocycles. The van der Waals surface area contributed by atoms with Gasteiger partial charge in [-0.3, -0.25) is 4.79 Å². The summed E-state index contributed by atoms with van der Waals surface area (Å²) >= 11 is 0. The Morgan fingerprint density at radius 1 is 1.07 bits per heavy atom. The number of carbonyl (C=O) groups excluding carboxylic acids is 1. The molecule has 0 radical (unpaired) electrons. The maximum Gasteiger partial charge on any atom is 0.255 e. The zero-order valence-corrected chi connectivity index (χ0v) is 16.7. The smallest absolute Gasteiger partial charge is 0.255 e. The third kappa shape index (κ3) is 3.99. The van der Waals surface area contributed by atoms with Gasteiger partial charge in [-0.1, -0.05) is 12.1 Å². The van der Waals surface area contributed by atoms with E-state index in [-0.39, 0.29) is 10.8 Å². The summed E-state index contributed by atoms with van der Waals surface area (Å²) in [4.78, 5) is 15.3. The van der Waals surface area contributed by atoms with Crippen LogP contribution in [0.1, 0.15) is 34.3 Å². The highest BCUT2D eigenvalue weighted by Gasteiger charge is 2.21. The predicted octanol–water partition coefficient (Wildman–Crippen LogP) is 3.06. The molecule has 2 aromatic carbocycles. The highest BCUT2D eigenvalue weighted by Crippen LogP contribution is 2.29. The normalized spacial score (nSPS) is 14.4. The van der Waals surface area contributed by atoms with Crippen molar-refractivity contribution in [2.24, 2.45) is 0 Å². The zero-order valence-electron chi connectivity index (χ0n) is 15.9. The van der Waals surface area contributed by atoms with E-state index < -0.39 is 10.0 Å². The molecule has 6 nitrogen and oxygen atoms in total. The molecule has 1 saturated heterocycles. The molecule has 27 heavy (non-hydrogen) atoms. The minimum atomic E-state index is -3.64. The summed E-state index contributed by atoms with van der Waals surface area (Å²) in [5, 5.41) is 2.95. The topological polar surface area (TPSA) is 78.5 Å². The molecule has 0 saturated carbocycles. The summed E-state index contributed by atoms with van der Waals surface area (Å²) in [7, 11) is -2.28. The van der Waals surface area contributed by atoms with E-state index in [9.17, 15) is 13.2 Å². The number of para-hydroxylation sites is 2. The van der Waals surface area contributed by atoms with Crippen molar-refractivity contribution in [3.8, 4) is 0 Å². The SMILES string of the molecule is CNS(=O)(=O)c1cc(C(=O)Nc2ccccc2N2CCCC2)cc(C)c1C. The van der Waals surface area contributed by atoms with Crippen LogP contribution in [0, 0.1) is 13.8 Å². The number of nitrogens with one attached hydrogen (secondary N) is 2. The molecule has 0 atom stereocenters. The van der Waals surface area contributed by atoms with E-state index in [1.54, 1.807) is 19.9 Å². The molecule has 1 aliphatic heterocycles. The molecule has 1 heterocycles. The molecule has 144 valence electrons. The van der Waals surface area contributed by atoms with Crippen LogP contribution in [-0.2, 0) is 10.0 Å². The van der Waals surface area contributed by atoms with Crippen LogP contribution in [0.4, 0.5) is 11.4 Å². The van der Waals surface area contributed by atoms with Crippen molar-refractivity contribution in [2.75, 3.05) is 30.4 Å². The fraction of sp³-hybridized carbons (Fsp3) is 0.350. The Kier molecular flexibility index (Phi) is 5.53. The van der Waals surface area contributed by atoms with Gasteiger partial charge in [-0.15, -0.1) is 0 Å². The largest absolute Gasteiger partial charge is 0.370 e. The minimum absolute atomic E-state index is 0.128. The quantitative estimate of drug-likeness (QED) is 0.826. The minimum Gasteiger partial charge on any atom is -0.370 e. The van der Waals surface area contributed by atoms with Crippen molar-refractivity contribution in [1.82, 2.24) is 4.72 Å². The van der Waals surface area contributed by atoms with Gasteiger partial charge in [-0.25, -0.2) is 13.1 Å². The third-order valence-electron chi connectivity index (χ3n) is 5.04. The van der Waals surface area contributed by atoms with E-state index in [0.29, 0.717) is 11.1 Å². The fourth-order valence-corrected chi connectivity index (χ4v) is 4.42. The van der Waals surface area contributed by atoms with Gasteiger partial charge in [0.05, 0.1) is 16.3 Å². The molecule has 0 spiro atoms. The Morgan fingerprint density at radius 3 is 2.41 bits per heavy atom. The predicted molar refractivity (Wildman–Crippen MR) is 108 cm³/mol. The van der Waals surface area contributed by atoms with Gasteiger partial charge in [0, 0.05) is 18.7 Å². The van der Waals surface area contributed by atoms with E-state index in [2.05, 4.69) is 14.9 Å². The monoisotopic (exact) mass is 387 g/mol. The average molecular weight is 388 g/mol. The molecule has 1 amide bonds. The third-order valence-corrected chi connectivity index (χ3v) is 6.58. The summed E-state index contributed by atoms with van der Waals surface area (Å²) in [6.07, 6.45) is 2.29. The van der Waals surface area contributed by atoms with E-state index in [1.165, 1.54) is 13.1 Å². The van der Waals surface area contributed by atoms with Gasteiger partial charge in [0.25, 0.3) is 5.91 Å².